The zero-order valence-corrected chi connectivity index (χ0v) is 11.4. The third-order valence-corrected chi connectivity index (χ3v) is 2.48. The van der Waals surface area contributed by atoms with Crippen LogP contribution < -0.4 is 11.1 Å². The van der Waals surface area contributed by atoms with E-state index < -0.39 is 0 Å². The van der Waals surface area contributed by atoms with Gasteiger partial charge < -0.3 is 15.8 Å². The summed E-state index contributed by atoms with van der Waals surface area (Å²) in [6, 6.07) is 7.12. The van der Waals surface area contributed by atoms with Gasteiger partial charge in [0.1, 0.15) is 0 Å². The minimum atomic E-state index is -0.107. The number of hydrogen-bond acceptors (Lipinski definition) is 3. The minimum absolute atomic E-state index is 0.0173. The first kappa shape index (κ1) is 15.2. The Labute approximate surface area is 114 Å². The van der Waals surface area contributed by atoms with Crippen LogP contribution >= 0.6 is 0 Å². The molecule has 0 aromatic heterocycles. The third-order valence-electron chi connectivity index (χ3n) is 2.48. The van der Waals surface area contributed by atoms with Crippen LogP contribution in [0.2, 0.25) is 0 Å². The Morgan fingerprint density at radius 3 is 2.68 bits per heavy atom. The van der Waals surface area contributed by atoms with Gasteiger partial charge in [-0.15, -0.1) is 0 Å². The van der Waals surface area contributed by atoms with E-state index in [2.05, 4.69) is 17.2 Å². The zero-order valence-electron chi connectivity index (χ0n) is 11.4. The molecule has 0 spiro atoms. The summed E-state index contributed by atoms with van der Waals surface area (Å²) in [6.45, 7) is 5.33. The van der Waals surface area contributed by atoms with Gasteiger partial charge in [0.2, 0.25) is 0 Å². The summed E-state index contributed by atoms with van der Waals surface area (Å²) >= 11 is 0. The highest BCUT2D eigenvalue weighted by atomic mass is 16.5. The number of carbonyl (C=O) groups is 1. The van der Waals surface area contributed by atoms with Crippen LogP contribution in [0.1, 0.15) is 29.8 Å². The Morgan fingerprint density at radius 1 is 1.42 bits per heavy atom. The molecule has 0 radical (unpaired) electrons. The molecule has 0 bridgehead atoms. The predicted octanol–water partition coefficient (Wildman–Crippen LogP) is 1.15. The Balaban J connectivity index is 2.53. The quantitative estimate of drug-likeness (QED) is 0.781. The number of hydrogen-bond donors (Lipinski definition) is 2. The van der Waals surface area contributed by atoms with Crippen molar-refractivity contribution < 1.29 is 9.53 Å². The molecule has 0 fully saturated rings. The zero-order chi connectivity index (χ0) is 14.1. The molecule has 0 aliphatic heterocycles. The molecule has 0 aliphatic rings. The molecule has 0 aliphatic carbocycles. The fourth-order valence-electron chi connectivity index (χ4n) is 1.54. The van der Waals surface area contributed by atoms with Gasteiger partial charge in [0.25, 0.3) is 5.91 Å². The van der Waals surface area contributed by atoms with Crippen molar-refractivity contribution >= 4 is 5.91 Å². The summed E-state index contributed by atoms with van der Waals surface area (Å²) in [5, 5.41) is 2.83. The Hall–Kier alpha value is -1.83. The number of amides is 1. The first-order valence-electron chi connectivity index (χ1n) is 6.36. The van der Waals surface area contributed by atoms with E-state index in [1.807, 2.05) is 26.0 Å². The molecule has 0 heterocycles. The second-order valence-electron chi connectivity index (χ2n) is 4.06. The van der Waals surface area contributed by atoms with E-state index in [0.29, 0.717) is 25.3 Å². The molecule has 102 valence electrons. The highest BCUT2D eigenvalue weighted by Gasteiger charge is 2.07. The van der Waals surface area contributed by atoms with E-state index >= 15 is 0 Å². The van der Waals surface area contributed by atoms with Crippen molar-refractivity contribution in [1.29, 1.82) is 0 Å². The molecule has 1 atom stereocenters. The first-order valence-corrected chi connectivity index (χ1v) is 6.36. The lowest BCUT2D eigenvalue weighted by Crippen LogP contribution is -2.32. The standard InChI is InChI=1S/C15H20N2O2/c1-3-19-12(2)11-17-15(18)14-8-6-13(7-9-14)5-4-10-16/h6-9,12H,3,10-11,16H2,1-2H3,(H,17,18). The molecule has 1 aromatic carbocycles. The van der Waals surface area contributed by atoms with Crippen molar-refractivity contribution in [3.05, 3.63) is 35.4 Å². The van der Waals surface area contributed by atoms with E-state index in [-0.39, 0.29) is 12.0 Å². The Morgan fingerprint density at radius 2 is 2.11 bits per heavy atom. The normalized spacial score (nSPS) is 11.3. The van der Waals surface area contributed by atoms with Gasteiger partial charge in [0.05, 0.1) is 12.6 Å². The summed E-state index contributed by atoms with van der Waals surface area (Å²) < 4.78 is 5.35. The van der Waals surface area contributed by atoms with Gasteiger partial charge in [-0.05, 0) is 38.1 Å². The van der Waals surface area contributed by atoms with E-state index in [4.69, 9.17) is 10.5 Å². The minimum Gasteiger partial charge on any atom is -0.377 e. The molecule has 1 rings (SSSR count). The molecule has 1 amide bonds. The van der Waals surface area contributed by atoms with Crippen LogP contribution in [0.5, 0.6) is 0 Å². The van der Waals surface area contributed by atoms with Crippen LogP contribution in [0.4, 0.5) is 0 Å². The molecule has 1 aromatic rings. The molecule has 4 nitrogen and oxygen atoms in total. The SMILES string of the molecule is CCOC(C)CNC(=O)c1ccc(C#CCN)cc1. The average molecular weight is 260 g/mol. The van der Waals surface area contributed by atoms with Gasteiger partial charge in [0.15, 0.2) is 0 Å². The van der Waals surface area contributed by atoms with E-state index in [1.165, 1.54) is 0 Å². The number of nitrogens with one attached hydrogen (secondary N) is 1. The van der Waals surface area contributed by atoms with Crippen LogP contribution in [0.25, 0.3) is 0 Å². The lowest BCUT2D eigenvalue weighted by Gasteiger charge is -2.12. The van der Waals surface area contributed by atoms with Crippen molar-refractivity contribution in [1.82, 2.24) is 5.32 Å². The molecule has 19 heavy (non-hydrogen) atoms. The van der Waals surface area contributed by atoms with Crippen LogP contribution in [0.3, 0.4) is 0 Å². The monoisotopic (exact) mass is 260 g/mol. The van der Waals surface area contributed by atoms with E-state index in [0.717, 1.165) is 5.56 Å². The summed E-state index contributed by atoms with van der Waals surface area (Å²) in [6.07, 6.45) is 0.0173. The Kier molecular flexibility index (Phi) is 6.65. The predicted molar refractivity (Wildman–Crippen MR) is 75.8 cm³/mol. The van der Waals surface area contributed by atoms with Crippen LogP contribution in [0.15, 0.2) is 24.3 Å². The van der Waals surface area contributed by atoms with Crippen molar-refractivity contribution in [3.63, 3.8) is 0 Å². The molecular weight excluding hydrogens is 240 g/mol. The second-order valence-corrected chi connectivity index (χ2v) is 4.06. The molecule has 0 saturated heterocycles. The largest absolute Gasteiger partial charge is 0.377 e. The summed E-state index contributed by atoms with van der Waals surface area (Å²) in [4.78, 5) is 11.9. The van der Waals surface area contributed by atoms with E-state index in [9.17, 15) is 4.79 Å². The molecule has 4 heteroatoms. The van der Waals surface area contributed by atoms with Gasteiger partial charge in [-0.2, -0.15) is 0 Å². The average Bonchev–Trinajstić information content (AvgIpc) is 2.43. The molecular formula is C15H20N2O2. The van der Waals surface area contributed by atoms with Crippen LogP contribution in [0, 0.1) is 11.8 Å². The smallest absolute Gasteiger partial charge is 0.251 e. The highest BCUT2D eigenvalue weighted by Crippen LogP contribution is 2.03. The topological polar surface area (TPSA) is 64.3 Å². The van der Waals surface area contributed by atoms with Gasteiger partial charge >= 0.3 is 0 Å². The van der Waals surface area contributed by atoms with E-state index in [1.54, 1.807) is 12.1 Å². The number of rotatable bonds is 5. The first-order chi connectivity index (χ1) is 9.17. The van der Waals surface area contributed by atoms with Crippen LogP contribution in [-0.4, -0.2) is 31.7 Å². The number of ether oxygens (including phenoxy) is 1. The van der Waals surface area contributed by atoms with Crippen molar-refractivity contribution in [2.75, 3.05) is 19.7 Å². The number of carbonyl (C=O) groups excluding carboxylic acids is 1. The summed E-state index contributed by atoms with van der Waals surface area (Å²) in [7, 11) is 0. The summed E-state index contributed by atoms with van der Waals surface area (Å²) in [5.41, 5.74) is 6.76. The maximum Gasteiger partial charge on any atom is 0.251 e. The molecule has 1 unspecified atom stereocenters. The van der Waals surface area contributed by atoms with Gasteiger partial charge in [-0.3, -0.25) is 4.79 Å². The maximum absolute atomic E-state index is 11.9. The van der Waals surface area contributed by atoms with Crippen molar-refractivity contribution in [2.45, 2.75) is 20.0 Å². The Bertz CT molecular complexity index is 457. The van der Waals surface area contributed by atoms with Gasteiger partial charge in [-0.25, -0.2) is 0 Å². The fourth-order valence-corrected chi connectivity index (χ4v) is 1.54. The highest BCUT2D eigenvalue weighted by molar-refractivity contribution is 5.94. The fraction of sp³-hybridized carbons (Fsp3) is 0.400. The molecule has 0 saturated carbocycles. The number of nitrogens with two attached hydrogens (primary N) is 1. The second kappa shape index (κ2) is 8.30. The van der Waals surface area contributed by atoms with Crippen LogP contribution in [-0.2, 0) is 4.74 Å². The van der Waals surface area contributed by atoms with Crippen molar-refractivity contribution in [3.8, 4) is 11.8 Å². The summed E-state index contributed by atoms with van der Waals surface area (Å²) in [5.74, 6) is 5.57. The van der Waals surface area contributed by atoms with Gasteiger partial charge in [-0.1, -0.05) is 11.8 Å². The lowest BCUT2D eigenvalue weighted by molar-refractivity contribution is 0.0695. The van der Waals surface area contributed by atoms with Crippen molar-refractivity contribution in [2.24, 2.45) is 5.73 Å². The third kappa shape index (κ3) is 5.56. The maximum atomic E-state index is 11.9. The molecule has 3 N–H and O–H groups in total. The number of benzene rings is 1. The van der Waals surface area contributed by atoms with Gasteiger partial charge in [0, 0.05) is 24.3 Å². The lowest BCUT2D eigenvalue weighted by atomic mass is 10.1.